The van der Waals surface area contributed by atoms with Crippen molar-refractivity contribution < 1.29 is 42.0 Å². The number of carbonyl (C=O) groups is 1. The zero-order chi connectivity index (χ0) is 40.3. The molecule has 0 radical (unpaired) electrons. The molecule has 300 valence electrons. The van der Waals surface area contributed by atoms with E-state index in [2.05, 4.69) is 20.3 Å². The molecule has 2 N–H and O–H groups in total. The van der Waals surface area contributed by atoms with Gasteiger partial charge in [0.15, 0.2) is 39.2 Å². The van der Waals surface area contributed by atoms with Crippen LogP contribution in [0.2, 0.25) is 0 Å². The van der Waals surface area contributed by atoms with E-state index in [1.807, 2.05) is 78.9 Å². The number of nitrogens with zero attached hydrogens (tertiary/aromatic N) is 5. The van der Waals surface area contributed by atoms with Crippen LogP contribution in [0, 0.1) is 5.92 Å². The van der Waals surface area contributed by atoms with Crippen molar-refractivity contribution in [1.29, 1.82) is 0 Å². The summed E-state index contributed by atoms with van der Waals surface area (Å²) in [5.74, 6) is 0.828. The Balaban J connectivity index is 1.27. The van der Waals surface area contributed by atoms with E-state index in [4.69, 9.17) is 35.9 Å². The maximum absolute atomic E-state index is 12.6. The first-order chi connectivity index (χ1) is 27.4. The lowest BCUT2D eigenvalue weighted by Crippen LogP contribution is -2.47. The van der Waals surface area contributed by atoms with Crippen molar-refractivity contribution in [2.75, 3.05) is 50.7 Å². The normalized spacial score (nSPS) is 20.7. The second kappa shape index (κ2) is 16.7. The van der Waals surface area contributed by atoms with Crippen LogP contribution >= 0.6 is 12.2 Å². The number of ether oxygens (including phenoxy) is 5. The van der Waals surface area contributed by atoms with E-state index < -0.39 is 40.0 Å². The molecule has 3 aromatic carbocycles. The fraction of sp³-hybridized carbons (Fsp3) is 0.375. The Hall–Kier alpha value is -5.20. The Morgan fingerprint density at radius 1 is 0.930 bits per heavy atom. The van der Waals surface area contributed by atoms with Gasteiger partial charge in [-0.05, 0) is 53.2 Å². The number of aromatic nitrogens is 4. The Morgan fingerprint density at radius 2 is 1.53 bits per heavy atom. The van der Waals surface area contributed by atoms with Crippen molar-refractivity contribution in [3.05, 3.63) is 108 Å². The predicted octanol–water partition coefficient (Wildman–Crippen LogP) is 4.11. The Morgan fingerprint density at radius 3 is 2.11 bits per heavy atom. The Bertz CT molecular complexity index is 2250. The number of anilines is 1. The van der Waals surface area contributed by atoms with Gasteiger partial charge in [-0.1, -0.05) is 68.4 Å². The number of rotatable bonds is 12. The molecule has 0 bridgehead atoms. The topological polar surface area (TPSA) is 176 Å². The van der Waals surface area contributed by atoms with Crippen LogP contribution in [0.4, 0.5) is 5.82 Å². The maximum Gasteiger partial charge on any atom is 0.259 e. The van der Waals surface area contributed by atoms with Crippen LogP contribution in [0.25, 0.3) is 11.2 Å². The molecule has 7 rings (SSSR count). The van der Waals surface area contributed by atoms with Crippen LogP contribution in [0.1, 0.15) is 36.8 Å². The molecule has 2 saturated heterocycles. The molecule has 2 aromatic heterocycles. The third-order valence-corrected chi connectivity index (χ3v) is 12.2. The molecule has 17 heteroatoms. The fourth-order valence-corrected chi connectivity index (χ4v) is 8.46. The summed E-state index contributed by atoms with van der Waals surface area (Å²) >= 11 is 5.70. The lowest BCUT2D eigenvalue weighted by Gasteiger charge is -2.37. The van der Waals surface area contributed by atoms with E-state index in [0.29, 0.717) is 22.7 Å². The molecule has 57 heavy (non-hydrogen) atoms. The number of aliphatic hydroxyl groups is 1. The van der Waals surface area contributed by atoms with Gasteiger partial charge in [0.05, 0.1) is 38.7 Å². The fourth-order valence-electron chi connectivity index (χ4n) is 6.96. The van der Waals surface area contributed by atoms with Crippen LogP contribution in [0.3, 0.4) is 0 Å². The minimum atomic E-state index is -3.20. The van der Waals surface area contributed by atoms with Gasteiger partial charge in [-0.25, -0.2) is 23.4 Å². The smallest absolute Gasteiger partial charge is 0.259 e. The second-order valence-electron chi connectivity index (χ2n) is 14.0. The zero-order valence-corrected chi connectivity index (χ0v) is 33.5. The number of methoxy groups -OCH3 is 2. The van der Waals surface area contributed by atoms with Gasteiger partial charge in [-0.3, -0.25) is 9.36 Å². The summed E-state index contributed by atoms with van der Waals surface area (Å²) in [4.78, 5) is 27.5. The van der Waals surface area contributed by atoms with Gasteiger partial charge >= 0.3 is 0 Å². The van der Waals surface area contributed by atoms with E-state index >= 15 is 0 Å². The number of amides is 1. The average molecular weight is 817 g/mol. The molecule has 2 aliphatic rings. The molecule has 0 spiro atoms. The summed E-state index contributed by atoms with van der Waals surface area (Å²) < 4.78 is 57.1. The lowest BCUT2D eigenvalue weighted by molar-refractivity contribution is -0.118. The number of carbonyl (C=O) groups excluding carboxylic acids is 1. The van der Waals surface area contributed by atoms with Gasteiger partial charge in [0.2, 0.25) is 5.91 Å². The molecule has 4 heterocycles. The van der Waals surface area contributed by atoms with Gasteiger partial charge in [0.1, 0.15) is 35.6 Å². The van der Waals surface area contributed by atoms with Gasteiger partial charge in [-0.15, -0.1) is 0 Å². The first-order valence-electron chi connectivity index (χ1n) is 18.4. The SMILES string of the molecule is COc1ccc(C(OC[C@H]2O[C@@H](n3cnc4c(NC(=O)C(C)C)ncnc43)[C@@H](OC(=S)N3CCS(=O)(=O)CC3)C2O)(c2ccccc2)c2ccc(OC)cc2)cc1. The maximum atomic E-state index is 12.6. The van der Waals surface area contributed by atoms with Crippen LogP contribution in [0.15, 0.2) is 91.5 Å². The highest BCUT2D eigenvalue weighted by Gasteiger charge is 2.50. The van der Waals surface area contributed by atoms with Crippen molar-refractivity contribution in [3.63, 3.8) is 0 Å². The first kappa shape index (κ1) is 40.0. The average Bonchev–Trinajstić information content (AvgIpc) is 3.79. The van der Waals surface area contributed by atoms with E-state index in [1.54, 1.807) is 37.5 Å². The number of nitrogens with one attached hydrogen (secondary N) is 1. The van der Waals surface area contributed by atoms with Gasteiger partial charge in [0, 0.05) is 19.0 Å². The molecule has 5 aromatic rings. The van der Waals surface area contributed by atoms with Crippen LogP contribution in [0.5, 0.6) is 11.5 Å². The van der Waals surface area contributed by atoms with E-state index in [9.17, 15) is 18.3 Å². The van der Waals surface area contributed by atoms with E-state index in [-0.39, 0.29) is 54.0 Å². The van der Waals surface area contributed by atoms with Crippen molar-refractivity contribution in [2.24, 2.45) is 5.92 Å². The molecule has 0 aliphatic carbocycles. The number of thiocarbonyl (C=S) groups is 1. The first-order valence-corrected chi connectivity index (χ1v) is 20.6. The molecule has 2 fully saturated rings. The number of benzene rings is 3. The third-order valence-electron chi connectivity index (χ3n) is 10.2. The van der Waals surface area contributed by atoms with Crippen LogP contribution in [-0.4, -0.2) is 113 Å². The molecule has 1 amide bonds. The van der Waals surface area contributed by atoms with Crippen molar-refractivity contribution in [2.45, 2.75) is 44.0 Å². The van der Waals surface area contributed by atoms with Gasteiger partial charge < -0.3 is 39.0 Å². The number of hydrogen-bond acceptors (Lipinski definition) is 13. The summed E-state index contributed by atoms with van der Waals surface area (Å²) in [6.45, 7) is 3.68. The molecule has 1 unspecified atom stereocenters. The van der Waals surface area contributed by atoms with Gasteiger partial charge in [0.25, 0.3) is 5.17 Å². The standard InChI is InChI=1S/C40H44N6O9S2/c1-25(2)37(48)44-35-32-36(42-23-41-35)46(24-43-32)38-34(55-39(56)45-18-20-57(49,50)21-19-45)33(47)31(54-38)22-53-40(26-8-6-5-7-9-26,27-10-14-29(51-3)15-11-27)28-12-16-30(52-4)17-13-28/h5-17,23-25,31,33-34,38,47H,18-22H2,1-4H3,(H,41,42,44,48)/t31-,33?,34+,38-/m1/s1. The minimum Gasteiger partial charge on any atom is -0.497 e. The summed E-state index contributed by atoms with van der Waals surface area (Å²) in [5.41, 5.74) is 1.77. The van der Waals surface area contributed by atoms with Crippen LogP contribution < -0.4 is 14.8 Å². The van der Waals surface area contributed by atoms with Crippen molar-refractivity contribution in [1.82, 2.24) is 24.4 Å². The third kappa shape index (κ3) is 8.15. The largest absolute Gasteiger partial charge is 0.497 e. The summed E-state index contributed by atoms with van der Waals surface area (Å²) in [6.07, 6.45) is -1.72. The molecular formula is C40H44N6O9S2. The summed E-state index contributed by atoms with van der Waals surface area (Å²) in [7, 11) is 0.00148. The zero-order valence-electron chi connectivity index (χ0n) is 31.8. The lowest BCUT2D eigenvalue weighted by atomic mass is 9.80. The molecule has 15 nitrogen and oxygen atoms in total. The van der Waals surface area contributed by atoms with Crippen molar-refractivity contribution in [3.8, 4) is 11.5 Å². The number of sulfone groups is 1. The quantitative estimate of drug-likeness (QED) is 0.136. The molecular weight excluding hydrogens is 773 g/mol. The van der Waals surface area contributed by atoms with E-state index in [0.717, 1.165) is 16.7 Å². The highest BCUT2D eigenvalue weighted by atomic mass is 32.2. The minimum absolute atomic E-state index is 0.0168. The van der Waals surface area contributed by atoms with E-state index in [1.165, 1.54) is 12.7 Å². The monoisotopic (exact) mass is 816 g/mol. The molecule has 0 saturated carbocycles. The second-order valence-corrected chi connectivity index (χ2v) is 16.7. The van der Waals surface area contributed by atoms with Gasteiger partial charge in [-0.2, -0.15) is 0 Å². The summed E-state index contributed by atoms with van der Waals surface area (Å²) in [6, 6.07) is 24.9. The Labute approximate surface area is 335 Å². The number of aliphatic hydroxyl groups excluding tert-OH is 1. The highest BCUT2D eigenvalue weighted by Crippen LogP contribution is 2.43. The summed E-state index contributed by atoms with van der Waals surface area (Å²) in [5, 5.41) is 15.0. The van der Waals surface area contributed by atoms with Crippen LogP contribution in [-0.2, 0) is 34.4 Å². The number of fused-ring (bicyclic) bond motifs is 1. The Kier molecular flexibility index (Phi) is 11.7. The highest BCUT2D eigenvalue weighted by molar-refractivity contribution is 7.91. The van der Waals surface area contributed by atoms with Crippen molar-refractivity contribution >= 4 is 50.1 Å². The number of imidazole rings is 1. The predicted molar refractivity (Wildman–Crippen MR) is 215 cm³/mol. The molecule has 4 atom stereocenters. The molecule has 2 aliphatic heterocycles. The number of hydrogen-bond donors (Lipinski definition) is 2.